The van der Waals surface area contributed by atoms with E-state index in [9.17, 15) is 9.59 Å². The summed E-state index contributed by atoms with van der Waals surface area (Å²) in [5.74, 6) is 1.18. The molecule has 0 fully saturated rings. The summed E-state index contributed by atoms with van der Waals surface area (Å²) < 4.78 is 10.8. The zero-order valence-corrected chi connectivity index (χ0v) is 21.4. The highest BCUT2D eigenvalue weighted by Gasteiger charge is 2.44. The van der Waals surface area contributed by atoms with Crippen molar-refractivity contribution in [3.05, 3.63) is 81.5 Å². The number of ether oxygens (including phenoxy) is 2. The number of carbonyl (C=O) groups excluding carboxylic acids is 2. The first-order chi connectivity index (χ1) is 16.9. The fourth-order valence-electron chi connectivity index (χ4n) is 4.75. The normalized spacial score (nSPS) is 17.3. The summed E-state index contributed by atoms with van der Waals surface area (Å²) in [5, 5.41) is 5.14. The summed E-state index contributed by atoms with van der Waals surface area (Å²) >= 11 is 1.58. The second-order valence-corrected chi connectivity index (χ2v) is 10.1. The third-order valence-electron chi connectivity index (χ3n) is 6.30. The average molecular weight is 493 g/mol. The SMILES string of the molecule is COc1ccc(OC)c(CCNC(=O)[C@H]2c3ccccc3C(=O)N(CC(C)C)[C@@H]2c2cccs2)c1. The predicted molar refractivity (Wildman–Crippen MR) is 138 cm³/mol. The largest absolute Gasteiger partial charge is 0.497 e. The lowest BCUT2D eigenvalue weighted by molar-refractivity contribution is -0.124. The van der Waals surface area contributed by atoms with Crippen molar-refractivity contribution in [1.29, 1.82) is 0 Å². The zero-order chi connectivity index (χ0) is 24.9. The van der Waals surface area contributed by atoms with Gasteiger partial charge in [-0.2, -0.15) is 0 Å². The first-order valence-corrected chi connectivity index (χ1v) is 12.7. The van der Waals surface area contributed by atoms with Gasteiger partial charge in [0, 0.05) is 23.5 Å². The topological polar surface area (TPSA) is 67.9 Å². The van der Waals surface area contributed by atoms with Crippen molar-refractivity contribution in [3.8, 4) is 11.5 Å². The molecule has 0 unspecified atom stereocenters. The number of amides is 2. The number of thiophene rings is 1. The molecule has 35 heavy (non-hydrogen) atoms. The van der Waals surface area contributed by atoms with E-state index in [1.807, 2.05) is 64.9 Å². The molecule has 0 spiro atoms. The second-order valence-electron chi connectivity index (χ2n) is 9.10. The van der Waals surface area contributed by atoms with Gasteiger partial charge in [-0.1, -0.05) is 38.1 Å². The Bertz CT molecular complexity index is 1180. The number of benzene rings is 2. The van der Waals surface area contributed by atoms with Crippen LogP contribution in [0.2, 0.25) is 0 Å². The van der Waals surface area contributed by atoms with Crippen molar-refractivity contribution in [2.75, 3.05) is 27.3 Å². The minimum Gasteiger partial charge on any atom is -0.497 e. The van der Waals surface area contributed by atoms with Gasteiger partial charge in [-0.05, 0) is 59.2 Å². The average Bonchev–Trinajstić information content (AvgIpc) is 3.39. The third kappa shape index (κ3) is 5.20. The van der Waals surface area contributed by atoms with E-state index in [0.717, 1.165) is 27.5 Å². The van der Waals surface area contributed by atoms with Gasteiger partial charge in [0.15, 0.2) is 0 Å². The highest BCUT2D eigenvalue weighted by Crippen LogP contribution is 2.44. The Hall–Kier alpha value is -3.32. The number of rotatable bonds is 9. The van der Waals surface area contributed by atoms with E-state index in [1.54, 1.807) is 25.6 Å². The summed E-state index contributed by atoms with van der Waals surface area (Å²) in [6, 6.07) is 16.8. The molecule has 0 saturated heterocycles. The van der Waals surface area contributed by atoms with E-state index < -0.39 is 5.92 Å². The van der Waals surface area contributed by atoms with Gasteiger partial charge in [-0.15, -0.1) is 11.3 Å². The molecule has 2 heterocycles. The maximum atomic E-state index is 13.8. The Kier molecular flexibility index (Phi) is 7.76. The summed E-state index contributed by atoms with van der Waals surface area (Å²) in [6.07, 6.45) is 0.596. The van der Waals surface area contributed by atoms with Crippen molar-refractivity contribution in [2.45, 2.75) is 32.2 Å². The van der Waals surface area contributed by atoms with Gasteiger partial charge in [-0.25, -0.2) is 0 Å². The molecule has 0 saturated carbocycles. The van der Waals surface area contributed by atoms with Crippen LogP contribution in [0.25, 0.3) is 0 Å². The van der Waals surface area contributed by atoms with Crippen molar-refractivity contribution < 1.29 is 19.1 Å². The summed E-state index contributed by atoms with van der Waals surface area (Å²) in [6.45, 7) is 5.21. The molecule has 6 nitrogen and oxygen atoms in total. The molecule has 0 radical (unpaired) electrons. The highest BCUT2D eigenvalue weighted by molar-refractivity contribution is 7.10. The number of nitrogens with zero attached hydrogens (tertiary/aromatic N) is 1. The first-order valence-electron chi connectivity index (χ1n) is 11.9. The van der Waals surface area contributed by atoms with E-state index in [0.29, 0.717) is 25.1 Å². The van der Waals surface area contributed by atoms with E-state index in [4.69, 9.17) is 9.47 Å². The van der Waals surface area contributed by atoms with E-state index in [-0.39, 0.29) is 23.8 Å². The number of methoxy groups -OCH3 is 2. The van der Waals surface area contributed by atoms with E-state index >= 15 is 0 Å². The monoisotopic (exact) mass is 492 g/mol. The van der Waals surface area contributed by atoms with Crippen molar-refractivity contribution in [1.82, 2.24) is 10.2 Å². The molecule has 184 valence electrons. The summed E-state index contributed by atoms with van der Waals surface area (Å²) in [4.78, 5) is 30.2. The summed E-state index contributed by atoms with van der Waals surface area (Å²) in [7, 11) is 3.26. The van der Waals surface area contributed by atoms with Crippen LogP contribution in [0.3, 0.4) is 0 Å². The fraction of sp³-hybridized carbons (Fsp3) is 0.357. The van der Waals surface area contributed by atoms with Crippen LogP contribution in [-0.4, -0.2) is 44.0 Å². The minimum atomic E-state index is -0.492. The van der Waals surface area contributed by atoms with Crippen LogP contribution >= 0.6 is 11.3 Å². The van der Waals surface area contributed by atoms with Gasteiger partial charge in [0.2, 0.25) is 5.91 Å². The van der Waals surface area contributed by atoms with E-state index in [2.05, 4.69) is 19.2 Å². The van der Waals surface area contributed by atoms with Gasteiger partial charge in [-0.3, -0.25) is 9.59 Å². The molecule has 1 aromatic heterocycles. The van der Waals surface area contributed by atoms with Crippen molar-refractivity contribution in [2.24, 2.45) is 5.92 Å². The maximum Gasteiger partial charge on any atom is 0.254 e. The fourth-order valence-corrected chi connectivity index (χ4v) is 5.63. The Morgan fingerprint density at radius 2 is 1.89 bits per heavy atom. The molecule has 3 aromatic rings. The Morgan fingerprint density at radius 3 is 2.57 bits per heavy atom. The molecule has 0 bridgehead atoms. The second kappa shape index (κ2) is 11.0. The van der Waals surface area contributed by atoms with Gasteiger partial charge in [0.25, 0.3) is 5.91 Å². The molecule has 2 amide bonds. The number of carbonyl (C=O) groups is 2. The third-order valence-corrected chi connectivity index (χ3v) is 7.24. The number of nitrogens with one attached hydrogen (secondary N) is 1. The standard InChI is InChI=1S/C28H32N2O4S/c1-18(2)17-30-26(24-10-7-15-35-24)25(21-8-5-6-9-22(21)28(30)32)27(31)29-14-13-19-16-20(33-3)11-12-23(19)34-4/h5-12,15-16,18,25-26H,13-14,17H2,1-4H3,(H,29,31)/t25-,26+/m0/s1. The van der Waals surface area contributed by atoms with E-state index in [1.165, 1.54) is 0 Å². The molecule has 7 heteroatoms. The van der Waals surface area contributed by atoms with Crippen LogP contribution in [0, 0.1) is 5.92 Å². The molecule has 1 aliphatic heterocycles. The maximum absolute atomic E-state index is 13.8. The van der Waals surface area contributed by atoms with Crippen LogP contribution in [0.15, 0.2) is 60.0 Å². The summed E-state index contributed by atoms with van der Waals surface area (Å²) in [5.41, 5.74) is 2.35. The Labute approximate surface area is 210 Å². The van der Waals surface area contributed by atoms with Crippen LogP contribution in [0.4, 0.5) is 0 Å². The molecule has 4 rings (SSSR count). The van der Waals surface area contributed by atoms with Gasteiger partial charge < -0.3 is 19.7 Å². The van der Waals surface area contributed by atoms with Crippen LogP contribution < -0.4 is 14.8 Å². The van der Waals surface area contributed by atoms with Crippen LogP contribution in [0.1, 0.15) is 52.2 Å². The molecule has 1 N–H and O–H groups in total. The van der Waals surface area contributed by atoms with Crippen LogP contribution in [-0.2, 0) is 11.2 Å². The highest BCUT2D eigenvalue weighted by atomic mass is 32.1. The Balaban J connectivity index is 1.63. The smallest absolute Gasteiger partial charge is 0.254 e. The number of hydrogen-bond donors (Lipinski definition) is 1. The lowest BCUT2D eigenvalue weighted by atomic mass is 9.81. The molecular weight excluding hydrogens is 460 g/mol. The quantitative estimate of drug-likeness (QED) is 0.453. The molecule has 1 aliphatic rings. The van der Waals surface area contributed by atoms with Gasteiger partial charge in [0.1, 0.15) is 11.5 Å². The van der Waals surface area contributed by atoms with Crippen molar-refractivity contribution in [3.63, 3.8) is 0 Å². The lowest BCUT2D eigenvalue weighted by Crippen LogP contribution is -2.48. The predicted octanol–water partition coefficient (Wildman–Crippen LogP) is 5.06. The van der Waals surface area contributed by atoms with Gasteiger partial charge >= 0.3 is 0 Å². The molecular formula is C28H32N2O4S. The minimum absolute atomic E-state index is 0.0159. The lowest BCUT2D eigenvalue weighted by Gasteiger charge is -2.42. The molecule has 2 aromatic carbocycles. The van der Waals surface area contributed by atoms with Gasteiger partial charge in [0.05, 0.1) is 26.2 Å². The van der Waals surface area contributed by atoms with Crippen LogP contribution in [0.5, 0.6) is 11.5 Å². The van der Waals surface area contributed by atoms with Crippen molar-refractivity contribution >= 4 is 23.2 Å². The number of fused-ring (bicyclic) bond motifs is 1. The molecule has 2 atom stereocenters. The number of hydrogen-bond acceptors (Lipinski definition) is 5. The Morgan fingerprint density at radius 1 is 1.09 bits per heavy atom. The zero-order valence-electron chi connectivity index (χ0n) is 20.6. The first kappa shape index (κ1) is 24.8. The molecule has 0 aliphatic carbocycles.